The van der Waals surface area contributed by atoms with Gasteiger partial charge in [-0.2, -0.15) is 0 Å². The second-order valence-corrected chi connectivity index (χ2v) is 7.69. The van der Waals surface area contributed by atoms with Crippen LogP contribution in [0.25, 0.3) is 11.1 Å². The molecule has 0 saturated heterocycles. The Bertz CT molecular complexity index is 1070. The number of hydrogen-bond acceptors (Lipinski definition) is 1. The van der Waals surface area contributed by atoms with Gasteiger partial charge in [-0.25, -0.2) is 0 Å². The summed E-state index contributed by atoms with van der Waals surface area (Å²) in [5.74, 6) is 0. The van der Waals surface area contributed by atoms with Gasteiger partial charge in [0, 0.05) is 17.1 Å². The summed E-state index contributed by atoms with van der Waals surface area (Å²) in [4.78, 5) is 2.39. The van der Waals surface area contributed by atoms with Gasteiger partial charge < -0.3 is 4.90 Å². The summed E-state index contributed by atoms with van der Waals surface area (Å²) in [5, 5.41) is 0. The molecule has 29 heavy (non-hydrogen) atoms. The molecule has 4 rings (SSSR count). The van der Waals surface area contributed by atoms with Crippen LogP contribution in [0, 0.1) is 27.7 Å². The van der Waals surface area contributed by atoms with Crippen molar-refractivity contribution in [2.45, 2.75) is 27.7 Å². The van der Waals surface area contributed by atoms with E-state index in [1.807, 2.05) is 0 Å². The number of anilines is 3. The van der Waals surface area contributed by atoms with Crippen LogP contribution in [0.2, 0.25) is 0 Å². The van der Waals surface area contributed by atoms with Crippen LogP contribution in [-0.2, 0) is 0 Å². The van der Waals surface area contributed by atoms with E-state index in [4.69, 9.17) is 0 Å². The highest BCUT2D eigenvalue weighted by atomic mass is 15.1. The average molecular weight is 378 g/mol. The maximum atomic E-state index is 2.39. The van der Waals surface area contributed by atoms with E-state index in [1.165, 1.54) is 50.4 Å². The van der Waals surface area contributed by atoms with Crippen molar-refractivity contribution in [3.63, 3.8) is 0 Å². The second-order valence-electron chi connectivity index (χ2n) is 7.69. The molecule has 0 N–H and O–H groups in total. The molecule has 0 atom stereocenters. The third kappa shape index (κ3) is 3.69. The largest absolute Gasteiger partial charge is 0.310 e. The Balaban J connectivity index is 1.87. The third-order valence-electron chi connectivity index (χ3n) is 5.87. The van der Waals surface area contributed by atoms with Crippen molar-refractivity contribution in [3.05, 3.63) is 113 Å². The van der Waals surface area contributed by atoms with Gasteiger partial charge >= 0.3 is 0 Å². The zero-order chi connectivity index (χ0) is 20.4. The van der Waals surface area contributed by atoms with Crippen LogP contribution in [0.15, 0.2) is 91.0 Å². The lowest BCUT2D eigenvalue weighted by Gasteiger charge is -2.29. The first-order valence-corrected chi connectivity index (χ1v) is 10.1. The van der Waals surface area contributed by atoms with Crippen LogP contribution in [0.4, 0.5) is 17.1 Å². The standard InChI is InChI=1S/C28H27N/c1-20-10-8-14-27(22(20)3)29(28-15-9-11-21(2)23(28)4)26-18-16-25(17-19-26)24-12-6-5-7-13-24/h5-19H,1-4H3. The second kappa shape index (κ2) is 7.97. The summed E-state index contributed by atoms with van der Waals surface area (Å²) >= 11 is 0. The van der Waals surface area contributed by atoms with Gasteiger partial charge in [-0.3, -0.25) is 0 Å². The van der Waals surface area contributed by atoms with Gasteiger partial charge in [0.2, 0.25) is 0 Å². The summed E-state index contributed by atoms with van der Waals surface area (Å²) in [5.41, 5.74) is 11.3. The van der Waals surface area contributed by atoms with Crippen molar-refractivity contribution >= 4 is 17.1 Å². The Morgan fingerprint density at radius 2 is 0.931 bits per heavy atom. The molecule has 4 aromatic rings. The highest BCUT2D eigenvalue weighted by Crippen LogP contribution is 2.40. The topological polar surface area (TPSA) is 3.24 Å². The van der Waals surface area contributed by atoms with Gasteiger partial charge in [-0.05, 0) is 85.3 Å². The van der Waals surface area contributed by atoms with Crippen molar-refractivity contribution in [2.75, 3.05) is 4.90 Å². The maximum Gasteiger partial charge on any atom is 0.0493 e. The molecule has 0 bridgehead atoms. The van der Waals surface area contributed by atoms with E-state index < -0.39 is 0 Å². The normalized spacial score (nSPS) is 10.8. The summed E-state index contributed by atoms with van der Waals surface area (Å²) in [6.45, 7) is 8.78. The van der Waals surface area contributed by atoms with E-state index >= 15 is 0 Å². The minimum Gasteiger partial charge on any atom is -0.310 e. The van der Waals surface area contributed by atoms with Gasteiger partial charge in [-0.1, -0.05) is 66.7 Å². The van der Waals surface area contributed by atoms with Crippen LogP contribution < -0.4 is 4.90 Å². The molecule has 0 fully saturated rings. The average Bonchev–Trinajstić information content (AvgIpc) is 2.75. The van der Waals surface area contributed by atoms with Crippen LogP contribution in [0.3, 0.4) is 0 Å². The first-order valence-electron chi connectivity index (χ1n) is 10.1. The van der Waals surface area contributed by atoms with E-state index in [0.717, 1.165) is 0 Å². The number of aryl methyl sites for hydroxylation is 2. The predicted octanol–water partition coefficient (Wildman–Crippen LogP) is 8.06. The quantitative estimate of drug-likeness (QED) is 0.347. The molecular formula is C28H27N. The van der Waals surface area contributed by atoms with Crippen molar-refractivity contribution < 1.29 is 0 Å². The number of benzene rings is 4. The predicted molar refractivity (Wildman–Crippen MR) is 126 cm³/mol. The monoisotopic (exact) mass is 377 g/mol. The summed E-state index contributed by atoms with van der Waals surface area (Å²) < 4.78 is 0. The third-order valence-corrected chi connectivity index (χ3v) is 5.87. The summed E-state index contributed by atoms with van der Waals surface area (Å²) in [6, 6.07) is 32.5. The summed E-state index contributed by atoms with van der Waals surface area (Å²) in [7, 11) is 0. The van der Waals surface area contributed by atoms with Gasteiger partial charge in [0.1, 0.15) is 0 Å². The Kier molecular flexibility index (Phi) is 5.22. The molecule has 0 aliphatic carbocycles. The highest BCUT2D eigenvalue weighted by molar-refractivity contribution is 5.82. The van der Waals surface area contributed by atoms with Crippen molar-refractivity contribution in [1.82, 2.24) is 0 Å². The van der Waals surface area contributed by atoms with E-state index in [-0.39, 0.29) is 0 Å². The first kappa shape index (κ1) is 19.0. The fourth-order valence-corrected chi connectivity index (χ4v) is 3.80. The van der Waals surface area contributed by atoms with E-state index in [1.54, 1.807) is 0 Å². The lowest BCUT2D eigenvalue weighted by atomic mass is 10.0. The molecule has 0 spiro atoms. The van der Waals surface area contributed by atoms with Gasteiger partial charge in [0.05, 0.1) is 0 Å². The molecule has 0 heterocycles. The van der Waals surface area contributed by atoms with Gasteiger partial charge in [0.15, 0.2) is 0 Å². The molecule has 0 saturated carbocycles. The molecule has 144 valence electrons. The first-order chi connectivity index (χ1) is 14.1. The smallest absolute Gasteiger partial charge is 0.0493 e. The lowest BCUT2D eigenvalue weighted by molar-refractivity contribution is 1.19. The van der Waals surface area contributed by atoms with Crippen LogP contribution in [0.1, 0.15) is 22.3 Å². The maximum absolute atomic E-state index is 2.39. The Labute approximate surface area is 174 Å². The van der Waals surface area contributed by atoms with Crippen molar-refractivity contribution in [1.29, 1.82) is 0 Å². The number of rotatable bonds is 4. The molecule has 0 aliphatic heterocycles. The minimum absolute atomic E-state index is 1.17. The fraction of sp³-hybridized carbons (Fsp3) is 0.143. The highest BCUT2D eigenvalue weighted by Gasteiger charge is 2.17. The number of hydrogen-bond donors (Lipinski definition) is 0. The SMILES string of the molecule is Cc1cccc(N(c2ccc(-c3ccccc3)cc2)c2cccc(C)c2C)c1C. The fourth-order valence-electron chi connectivity index (χ4n) is 3.80. The van der Waals surface area contributed by atoms with Crippen molar-refractivity contribution in [3.8, 4) is 11.1 Å². The molecule has 0 radical (unpaired) electrons. The van der Waals surface area contributed by atoms with Crippen LogP contribution in [0.5, 0.6) is 0 Å². The number of nitrogens with zero attached hydrogens (tertiary/aromatic N) is 1. The zero-order valence-corrected chi connectivity index (χ0v) is 17.6. The summed E-state index contributed by atoms with van der Waals surface area (Å²) in [6.07, 6.45) is 0. The van der Waals surface area contributed by atoms with Crippen LogP contribution in [-0.4, -0.2) is 0 Å². The molecule has 0 aromatic heterocycles. The van der Waals surface area contributed by atoms with Crippen molar-refractivity contribution in [2.24, 2.45) is 0 Å². The molecule has 1 nitrogen and oxygen atoms in total. The van der Waals surface area contributed by atoms with Crippen LogP contribution >= 0.6 is 0 Å². The molecule has 0 unspecified atom stereocenters. The van der Waals surface area contributed by atoms with Gasteiger partial charge in [0.25, 0.3) is 0 Å². The molecule has 0 aliphatic rings. The van der Waals surface area contributed by atoms with E-state index in [9.17, 15) is 0 Å². The molecular weight excluding hydrogens is 350 g/mol. The van der Waals surface area contributed by atoms with E-state index in [2.05, 4.69) is 124 Å². The molecule has 4 aromatic carbocycles. The Morgan fingerprint density at radius 1 is 0.448 bits per heavy atom. The molecule has 0 amide bonds. The Hall–Kier alpha value is -3.32. The van der Waals surface area contributed by atoms with E-state index in [0.29, 0.717) is 0 Å². The lowest BCUT2D eigenvalue weighted by Crippen LogP contribution is -2.13. The van der Waals surface area contributed by atoms with Gasteiger partial charge in [-0.15, -0.1) is 0 Å². The Morgan fingerprint density at radius 3 is 1.45 bits per heavy atom. The zero-order valence-electron chi connectivity index (χ0n) is 17.6. The molecule has 1 heteroatoms. The minimum atomic E-state index is 1.17.